The second kappa shape index (κ2) is 7.64. The van der Waals surface area contributed by atoms with Crippen LogP contribution in [-0.2, 0) is 10.2 Å². The Labute approximate surface area is 172 Å². The Morgan fingerprint density at radius 2 is 1.52 bits per heavy atom. The van der Waals surface area contributed by atoms with Crippen molar-refractivity contribution in [3.63, 3.8) is 0 Å². The summed E-state index contributed by atoms with van der Waals surface area (Å²) in [5, 5.41) is 0. The number of amides is 2. The van der Waals surface area contributed by atoms with Gasteiger partial charge < -0.3 is 4.90 Å². The first kappa shape index (κ1) is 19.6. The van der Waals surface area contributed by atoms with Gasteiger partial charge in [-0.1, -0.05) is 36.4 Å². The topological polar surface area (TPSA) is 43.9 Å². The molecule has 0 spiro atoms. The molecule has 0 unspecified atom stereocenters. The Balaban J connectivity index is 1.39. The normalized spacial score (nSPS) is 19.4. The molecule has 1 fully saturated rings. The van der Waals surface area contributed by atoms with Crippen molar-refractivity contribution in [3.8, 4) is 0 Å². The van der Waals surface area contributed by atoms with Crippen LogP contribution in [0.25, 0.3) is 0 Å². The minimum atomic E-state index is -0.673. The molecule has 0 N–H and O–H groups in total. The van der Waals surface area contributed by atoms with E-state index in [0.29, 0.717) is 12.1 Å². The molecule has 0 saturated carbocycles. The number of imide groups is 1. The molecule has 2 heterocycles. The van der Waals surface area contributed by atoms with Crippen LogP contribution in [0, 0.1) is 6.92 Å². The summed E-state index contributed by atoms with van der Waals surface area (Å²) in [6.07, 6.45) is 0. The van der Waals surface area contributed by atoms with E-state index in [1.807, 2.05) is 38.1 Å². The highest BCUT2D eigenvalue weighted by Gasteiger charge is 2.44. The van der Waals surface area contributed by atoms with Crippen molar-refractivity contribution in [3.05, 3.63) is 65.2 Å². The fourth-order valence-electron chi connectivity index (χ4n) is 4.48. The largest absolute Gasteiger partial charge is 0.369 e. The molecule has 0 bridgehead atoms. The van der Waals surface area contributed by atoms with Crippen molar-refractivity contribution >= 4 is 17.5 Å². The van der Waals surface area contributed by atoms with Gasteiger partial charge in [0.05, 0.1) is 5.41 Å². The van der Waals surface area contributed by atoms with Gasteiger partial charge in [0, 0.05) is 50.5 Å². The summed E-state index contributed by atoms with van der Waals surface area (Å²) in [6.45, 7) is 10.9. The van der Waals surface area contributed by atoms with Crippen molar-refractivity contribution in [2.45, 2.75) is 26.2 Å². The first-order valence-corrected chi connectivity index (χ1v) is 10.4. The van der Waals surface area contributed by atoms with Crippen LogP contribution in [0.1, 0.15) is 35.3 Å². The molecular formula is C24H29N3O2. The molecule has 5 heteroatoms. The van der Waals surface area contributed by atoms with E-state index in [1.165, 1.54) is 16.2 Å². The summed E-state index contributed by atoms with van der Waals surface area (Å²) in [5.41, 5.74) is 3.41. The second-order valence-electron chi connectivity index (χ2n) is 8.55. The predicted octanol–water partition coefficient (Wildman–Crippen LogP) is 3.08. The highest BCUT2D eigenvalue weighted by molar-refractivity contribution is 6.12. The summed E-state index contributed by atoms with van der Waals surface area (Å²) in [7, 11) is 0. The maximum Gasteiger partial charge on any atom is 0.260 e. The molecule has 0 aromatic heterocycles. The second-order valence-corrected chi connectivity index (χ2v) is 8.55. The molecule has 2 amide bonds. The number of nitrogens with zero attached hydrogens (tertiary/aromatic N) is 3. The lowest BCUT2D eigenvalue weighted by molar-refractivity contribution is -0.134. The molecule has 0 aliphatic carbocycles. The maximum absolute atomic E-state index is 13.0. The number of fused-ring (bicyclic) bond motifs is 1. The Hall–Kier alpha value is -2.66. The van der Waals surface area contributed by atoms with Crippen molar-refractivity contribution in [2.75, 3.05) is 44.2 Å². The number of carbonyl (C=O) groups is 2. The minimum absolute atomic E-state index is 0.0975. The third-order valence-corrected chi connectivity index (χ3v) is 6.32. The number of para-hydroxylation sites is 1. The van der Waals surface area contributed by atoms with Crippen LogP contribution in [0.2, 0.25) is 0 Å². The zero-order valence-corrected chi connectivity index (χ0v) is 17.5. The molecule has 152 valence electrons. The van der Waals surface area contributed by atoms with E-state index in [1.54, 1.807) is 0 Å². The van der Waals surface area contributed by atoms with E-state index in [9.17, 15) is 9.59 Å². The number of hydrogen-bond acceptors (Lipinski definition) is 4. The van der Waals surface area contributed by atoms with Crippen LogP contribution in [0.4, 0.5) is 5.69 Å². The Kier molecular flexibility index (Phi) is 5.17. The van der Waals surface area contributed by atoms with Crippen LogP contribution < -0.4 is 4.90 Å². The zero-order chi connectivity index (χ0) is 20.6. The first-order chi connectivity index (χ1) is 13.9. The van der Waals surface area contributed by atoms with Gasteiger partial charge in [0.15, 0.2) is 0 Å². The van der Waals surface area contributed by atoms with E-state index in [2.05, 4.69) is 41.0 Å². The molecule has 2 aliphatic rings. The lowest BCUT2D eigenvalue weighted by atomic mass is 9.77. The van der Waals surface area contributed by atoms with Crippen molar-refractivity contribution in [1.82, 2.24) is 9.80 Å². The molecule has 29 heavy (non-hydrogen) atoms. The van der Waals surface area contributed by atoms with Crippen LogP contribution in [0.5, 0.6) is 0 Å². The zero-order valence-electron chi connectivity index (χ0n) is 17.5. The highest BCUT2D eigenvalue weighted by atomic mass is 16.2. The molecule has 0 atom stereocenters. The number of benzene rings is 2. The Morgan fingerprint density at radius 1 is 0.862 bits per heavy atom. The van der Waals surface area contributed by atoms with Gasteiger partial charge in [-0.25, -0.2) is 0 Å². The summed E-state index contributed by atoms with van der Waals surface area (Å²) in [4.78, 5) is 32.2. The van der Waals surface area contributed by atoms with Gasteiger partial charge in [-0.2, -0.15) is 0 Å². The SMILES string of the molecule is Cc1ccccc1N1CCN(CCN2C(=O)c3ccccc3C(C)(C)C2=O)CC1. The molecule has 0 radical (unpaired) electrons. The Morgan fingerprint density at radius 3 is 2.24 bits per heavy atom. The summed E-state index contributed by atoms with van der Waals surface area (Å²) in [5.74, 6) is -0.261. The molecule has 2 aliphatic heterocycles. The van der Waals surface area contributed by atoms with E-state index in [4.69, 9.17) is 0 Å². The smallest absolute Gasteiger partial charge is 0.260 e. The van der Waals surface area contributed by atoms with Crippen molar-refractivity contribution in [2.24, 2.45) is 0 Å². The fraction of sp³-hybridized carbons (Fsp3) is 0.417. The number of carbonyl (C=O) groups excluding carboxylic acids is 2. The molecule has 2 aromatic carbocycles. The van der Waals surface area contributed by atoms with E-state index in [-0.39, 0.29) is 11.8 Å². The van der Waals surface area contributed by atoms with Crippen molar-refractivity contribution < 1.29 is 9.59 Å². The van der Waals surface area contributed by atoms with Gasteiger partial charge in [-0.15, -0.1) is 0 Å². The summed E-state index contributed by atoms with van der Waals surface area (Å²) >= 11 is 0. The third-order valence-electron chi connectivity index (χ3n) is 6.32. The number of aryl methyl sites for hydroxylation is 1. The van der Waals surface area contributed by atoms with Crippen LogP contribution in [0.3, 0.4) is 0 Å². The van der Waals surface area contributed by atoms with Gasteiger partial charge in [-0.05, 0) is 44.0 Å². The molecular weight excluding hydrogens is 362 g/mol. The first-order valence-electron chi connectivity index (χ1n) is 10.4. The number of anilines is 1. The van der Waals surface area contributed by atoms with Crippen LogP contribution >= 0.6 is 0 Å². The number of hydrogen-bond donors (Lipinski definition) is 0. The standard InChI is InChI=1S/C24H29N3O2/c1-18-8-4-7-11-21(18)26-15-12-25(13-16-26)14-17-27-22(28)19-9-5-6-10-20(19)24(2,3)23(27)29/h4-11H,12-17H2,1-3H3. The van der Waals surface area contributed by atoms with Crippen molar-refractivity contribution in [1.29, 1.82) is 0 Å². The lowest BCUT2D eigenvalue weighted by Gasteiger charge is -2.40. The summed E-state index contributed by atoms with van der Waals surface area (Å²) < 4.78 is 0. The fourth-order valence-corrected chi connectivity index (χ4v) is 4.48. The van der Waals surface area contributed by atoms with Gasteiger partial charge >= 0.3 is 0 Å². The van der Waals surface area contributed by atoms with E-state index in [0.717, 1.165) is 38.3 Å². The van der Waals surface area contributed by atoms with E-state index >= 15 is 0 Å². The average molecular weight is 392 g/mol. The van der Waals surface area contributed by atoms with Gasteiger partial charge in [0.1, 0.15) is 0 Å². The van der Waals surface area contributed by atoms with Crippen LogP contribution in [0.15, 0.2) is 48.5 Å². The predicted molar refractivity (Wildman–Crippen MR) is 115 cm³/mol. The summed E-state index contributed by atoms with van der Waals surface area (Å²) in [6, 6.07) is 16.0. The monoisotopic (exact) mass is 391 g/mol. The Bertz CT molecular complexity index is 929. The quantitative estimate of drug-likeness (QED) is 0.752. The maximum atomic E-state index is 13.0. The lowest BCUT2D eigenvalue weighted by Crippen LogP contribution is -2.55. The average Bonchev–Trinajstić information content (AvgIpc) is 2.73. The minimum Gasteiger partial charge on any atom is -0.369 e. The number of rotatable bonds is 4. The molecule has 1 saturated heterocycles. The van der Waals surface area contributed by atoms with E-state index < -0.39 is 5.41 Å². The van der Waals surface area contributed by atoms with Gasteiger partial charge in [0.25, 0.3) is 5.91 Å². The molecule has 5 nitrogen and oxygen atoms in total. The third kappa shape index (κ3) is 3.55. The molecule has 2 aromatic rings. The van der Waals surface area contributed by atoms with Gasteiger partial charge in [0.2, 0.25) is 5.91 Å². The van der Waals surface area contributed by atoms with Crippen LogP contribution in [-0.4, -0.2) is 60.9 Å². The number of piperazine rings is 1. The van der Waals surface area contributed by atoms with Gasteiger partial charge in [-0.3, -0.25) is 19.4 Å². The molecule has 4 rings (SSSR count). The highest BCUT2D eigenvalue weighted by Crippen LogP contribution is 2.34.